The Morgan fingerprint density at radius 3 is 2.13 bits per heavy atom. The summed E-state index contributed by atoms with van der Waals surface area (Å²) in [6.45, 7) is 19.2. The van der Waals surface area contributed by atoms with E-state index in [-0.39, 0.29) is 0 Å². The second kappa shape index (κ2) is 8.52. The highest BCUT2D eigenvalue weighted by molar-refractivity contribution is 6.87. The molecule has 0 aliphatic heterocycles. The van der Waals surface area contributed by atoms with Gasteiger partial charge in [0.15, 0.2) is 0 Å². The van der Waals surface area contributed by atoms with Crippen molar-refractivity contribution in [3.8, 4) is 11.5 Å². The lowest BCUT2D eigenvalue weighted by atomic mass is 10.1. The molecular weight excluding hydrogens is 294 g/mol. The van der Waals surface area contributed by atoms with Gasteiger partial charge in [-0.25, -0.2) is 0 Å². The van der Waals surface area contributed by atoms with Crippen LogP contribution in [-0.2, 0) is 0 Å². The molecule has 0 heterocycles. The molecule has 0 saturated carbocycles. The Morgan fingerprint density at radius 1 is 1.09 bits per heavy atom. The van der Waals surface area contributed by atoms with Crippen LogP contribution in [0.1, 0.15) is 40.2 Å². The van der Waals surface area contributed by atoms with Gasteiger partial charge in [0.25, 0.3) is 0 Å². The molecule has 1 aromatic carbocycles. The largest absolute Gasteiger partial charge is 0.300 e. The maximum Gasteiger partial charge on any atom is 0.138 e. The molecule has 0 amide bonds. The zero-order valence-electron chi connectivity index (χ0n) is 16.0. The Kier molecular flexibility index (Phi) is 7.31. The highest BCUT2D eigenvalue weighted by atomic mass is 28.3. The molecule has 0 fully saturated rings. The van der Waals surface area contributed by atoms with Gasteiger partial charge in [-0.3, -0.25) is 0 Å². The summed E-state index contributed by atoms with van der Waals surface area (Å²) in [5.41, 5.74) is 6.06. The lowest BCUT2D eigenvalue weighted by molar-refractivity contribution is 0.337. The number of likely N-dealkylation sites (N-methyl/N-ethyl adjacent to an activating group) is 1. The van der Waals surface area contributed by atoms with E-state index >= 15 is 0 Å². The van der Waals surface area contributed by atoms with Crippen LogP contribution in [-0.4, -0.2) is 32.6 Å². The van der Waals surface area contributed by atoms with Crippen molar-refractivity contribution in [3.63, 3.8) is 0 Å². The van der Waals surface area contributed by atoms with E-state index < -0.39 is 8.07 Å². The summed E-state index contributed by atoms with van der Waals surface area (Å²) in [4.78, 5) is 2.41. The molecule has 1 nitrogen and oxygen atoms in total. The van der Waals surface area contributed by atoms with Crippen LogP contribution in [0.15, 0.2) is 36.4 Å². The topological polar surface area (TPSA) is 3.24 Å². The van der Waals surface area contributed by atoms with Crippen molar-refractivity contribution in [2.45, 2.75) is 52.8 Å². The first-order valence-electron chi connectivity index (χ1n) is 8.72. The summed E-state index contributed by atoms with van der Waals surface area (Å²) in [7, 11) is -1.59. The van der Waals surface area contributed by atoms with E-state index in [0.717, 1.165) is 19.6 Å². The summed E-state index contributed by atoms with van der Waals surface area (Å²) < 4.78 is 0. The second-order valence-corrected chi connectivity index (χ2v) is 12.6. The Balaban J connectivity index is 3.15. The highest BCUT2D eigenvalue weighted by Crippen LogP contribution is 2.35. The van der Waals surface area contributed by atoms with Crippen molar-refractivity contribution in [1.29, 1.82) is 0 Å². The molecule has 0 aromatic heterocycles. The highest BCUT2D eigenvalue weighted by Gasteiger charge is 2.33. The van der Waals surface area contributed by atoms with Crippen LogP contribution in [0.2, 0.25) is 18.1 Å². The Morgan fingerprint density at radius 2 is 1.65 bits per heavy atom. The molecule has 23 heavy (non-hydrogen) atoms. The minimum Gasteiger partial charge on any atom is -0.300 e. The van der Waals surface area contributed by atoms with Crippen LogP contribution in [0.3, 0.4) is 0 Å². The van der Waals surface area contributed by atoms with Crippen molar-refractivity contribution in [2.75, 3.05) is 19.6 Å². The number of hydrogen-bond donors (Lipinski definition) is 0. The predicted octanol–water partition coefficient (Wildman–Crippen LogP) is 5.46. The van der Waals surface area contributed by atoms with E-state index in [2.05, 4.69) is 100 Å². The molecule has 2 heteroatoms. The van der Waals surface area contributed by atoms with Crippen molar-refractivity contribution in [1.82, 2.24) is 4.90 Å². The molecule has 0 unspecified atom stereocenters. The fourth-order valence-corrected chi connectivity index (χ4v) is 2.79. The Bertz CT molecular complexity index is 563. The van der Waals surface area contributed by atoms with E-state index in [0.29, 0.717) is 5.04 Å². The van der Waals surface area contributed by atoms with Gasteiger partial charge < -0.3 is 4.90 Å². The molecule has 1 aromatic rings. The lowest BCUT2D eigenvalue weighted by Gasteiger charge is -2.31. The summed E-state index contributed by atoms with van der Waals surface area (Å²) >= 11 is 0. The van der Waals surface area contributed by atoms with Gasteiger partial charge in [-0.1, -0.05) is 90.0 Å². The van der Waals surface area contributed by atoms with Crippen LogP contribution in [0.4, 0.5) is 0 Å². The van der Waals surface area contributed by atoms with Crippen molar-refractivity contribution >= 4 is 13.6 Å². The smallest absolute Gasteiger partial charge is 0.138 e. The second-order valence-electron chi connectivity index (χ2n) is 7.59. The average Bonchev–Trinajstić information content (AvgIpc) is 2.50. The van der Waals surface area contributed by atoms with Gasteiger partial charge in [0, 0.05) is 12.1 Å². The average molecular weight is 328 g/mol. The van der Waals surface area contributed by atoms with Gasteiger partial charge in [0.2, 0.25) is 0 Å². The molecule has 0 saturated heterocycles. The minimum absolute atomic E-state index is 0.292. The predicted molar refractivity (Wildman–Crippen MR) is 107 cm³/mol. The number of hydrogen-bond acceptors (Lipinski definition) is 1. The molecular formula is C21H33NSi. The maximum absolute atomic E-state index is 3.66. The summed E-state index contributed by atoms with van der Waals surface area (Å²) in [5, 5.41) is 0.292. The molecule has 126 valence electrons. The zero-order valence-corrected chi connectivity index (χ0v) is 17.0. The molecule has 0 aliphatic rings. The number of nitrogens with zero attached hydrogens (tertiary/aromatic N) is 1. The van der Waals surface area contributed by atoms with Gasteiger partial charge >= 0.3 is 0 Å². The SMILES string of the molecule is CCN(CC)C/C=C(/C#C[Si](C)(C)C(C)(C)C)c1ccccc1. The number of allylic oxidation sites excluding steroid dienone is 1. The molecule has 0 aliphatic carbocycles. The van der Waals surface area contributed by atoms with E-state index in [1.54, 1.807) is 0 Å². The molecule has 1 rings (SSSR count). The minimum atomic E-state index is -1.59. The van der Waals surface area contributed by atoms with Crippen molar-refractivity contribution in [3.05, 3.63) is 42.0 Å². The Hall–Kier alpha value is -1.30. The lowest BCUT2D eigenvalue weighted by Crippen LogP contribution is -2.35. The molecule has 0 N–H and O–H groups in total. The third-order valence-corrected chi connectivity index (χ3v) is 9.42. The summed E-state index contributed by atoms with van der Waals surface area (Å²) in [6, 6.07) is 10.6. The fraction of sp³-hybridized carbons (Fsp3) is 0.524. The Labute approximate surface area is 144 Å². The van der Waals surface area contributed by atoms with Gasteiger partial charge in [-0.2, -0.15) is 0 Å². The van der Waals surface area contributed by atoms with Crippen LogP contribution in [0.5, 0.6) is 0 Å². The third-order valence-electron chi connectivity index (χ3n) is 4.92. The van der Waals surface area contributed by atoms with Crippen LogP contribution < -0.4 is 0 Å². The van der Waals surface area contributed by atoms with E-state index in [1.165, 1.54) is 11.1 Å². The molecule has 0 spiro atoms. The molecule has 0 radical (unpaired) electrons. The van der Waals surface area contributed by atoms with Gasteiger partial charge in [-0.15, -0.1) is 5.54 Å². The first-order valence-corrected chi connectivity index (χ1v) is 11.7. The van der Waals surface area contributed by atoms with E-state index in [4.69, 9.17) is 0 Å². The normalized spacial score (nSPS) is 13.0. The van der Waals surface area contributed by atoms with Crippen molar-refractivity contribution in [2.24, 2.45) is 0 Å². The van der Waals surface area contributed by atoms with Gasteiger partial charge in [-0.05, 0) is 23.7 Å². The van der Waals surface area contributed by atoms with Gasteiger partial charge in [0.1, 0.15) is 8.07 Å². The fourth-order valence-electron chi connectivity index (χ4n) is 1.97. The molecule has 0 bridgehead atoms. The summed E-state index contributed by atoms with van der Waals surface area (Å²) in [6.07, 6.45) is 2.29. The van der Waals surface area contributed by atoms with Crippen LogP contribution in [0, 0.1) is 11.5 Å². The molecule has 0 atom stereocenters. The summed E-state index contributed by atoms with van der Waals surface area (Å²) in [5.74, 6) is 3.53. The van der Waals surface area contributed by atoms with Crippen LogP contribution in [0.25, 0.3) is 5.57 Å². The van der Waals surface area contributed by atoms with E-state index in [9.17, 15) is 0 Å². The third kappa shape index (κ3) is 6.01. The first kappa shape index (κ1) is 19.7. The van der Waals surface area contributed by atoms with Crippen molar-refractivity contribution < 1.29 is 0 Å². The van der Waals surface area contributed by atoms with E-state index in [1.807, 2.05) is 0 Å². The van der Waals surface area contributed by atoms with Gasteiger partial charge in [0.05, 0.1) is 0 Å². The monoisotopic (exact) mass is 327 g/mol. The first-order chi connectivity index (χ1) is 10.7. The quantitative estimate of drug-likeness (QED) is 0.512. The standard InChI is InChI=1S/C21H33NSi/c1-8-22(9-2)17-15-20(19-13-11-10-12-14-19)16-18-23(6,7)21(3,4)5/h10-15H,8-9,17H2,1-7H3/b20-15-. The number of rotatable bonds is 5. The maximum atomic E-state index is 3.66. The number of benzene rings is 1. The zero-order chi connectivity index (χ0) is 17.5. The van der Waals surface area contributed by atoms with Crippen LogP contribution >= 0.6 is 0 Å².